The number of benzene rings is 1. The Hall–Kier alpha value is -2.50. The number of anilines is 1. The number of nitrogens with zero attached hydrogens (tertiary/aromatic N) is 2. The average Bonchev–Trinajstić information content (AvgIpc) is 2.99. The molecule has 22 heavy (non-hydrogen) atoms. The summed E-state index contributed by atoms with van der Waals surface area (Å²) < 4.78 is 7.40. The summed E-state index contributed by atoms with van der Waals surface area (Å²) in [7, 11) is 1.84. The summed E-state index contributed by atoms with van der Waals surface area (Å²) in [6.07, 6.45) is 3.09. The second-order valence-corrected chi connectivity index (χ2v) is 4.72. The second-order valence-electron chi connectivity index (χ2n) is 4.72. The van der Waals surface area contributed by atoms with Gasteiger partial charge >= 0.3 is 0 Å². The van der Waals surface area contributed by atoms with Gasteiger partial charge in [0.15, 0.2) is 6.10 Å². The van der Waals surface area contributed by atoms with Crippen LogP contribution in [-0.4, -0.2) is 28.3 Å². The molecule has 118 valence electrons. The lowest BCUT2D eigenvalue weighted by Crippen LogP contribution is -2.44. The topological polar surface area (TPSA) is 68.2 Å². The number of rotatable bonds is 3. The van der Waals surface area contributed by atoms with E-state index in [2.05, 4.69) is 15.7 Å². The molecule has 6 heteroatoms. The van der Waals surface area contributed by atoms with Crippen LogP contribution < -0.4 is 15.4 Å². The first-order valence-corrected chi connectivity index (χ1v) is 7.47. The molecular formula is C16H22N4O2. The van der Waals surface area contributed by atoms with Crippen LogP contribution in [0, 0.1) is 0 Å². The molecule has 1 aliphatic heterocycles. The summed E-state index contributed by atoms with van der Waals surface area (Å²) in [5.74, 6) is 0.580. The molecule has 1 aromatic heterocycles. The average molecular weight is 302 g/mol. The molecule has 0 fully saturated rings. The van der Waals surface area contributed by atoms with E-state index in [1.54, 1.807) is 10.9 Å². The highest BCUT2D eigenvalue weighted by atomic mass is 16.5. The lowest BCUT2D eigenvalue weighted by Gasteiger charge is -2.26. The van der Waals surface area contributed by atoms with Crippen LogP contribution in [0.1, 0.15) is 19.4 Å². The Kier molecular flexibility index (Phi) is 5.41. The minimum Gasteiger partial charge on any atom is -0.477 e. The van der Waals surface area contributed by atoms with Gasteiger partial charge in [0.25, 0.3) is 5.91 Å². The molecule has 2 heterocycles. The highest BCUT2D eigenvalue weighted by Gasteiger charge is 2.25. The number of hydrogen-bond donors (Lipinski definition) is 2. The third-order valence-corrected chi connectivity index (χ3v) is 3.15. The molecule has 1 amide bonds. The molecule has 2 N–H and O–H groups in total. The van der Waals surface area contributed by atoms with Crippen LogP contribution in [0.15, 0.2) is 36.7 Å². The first-order chi connectivity index (χ1) is 10.7. The van der Waals surface area contributed by atoms with E-state index in [9.17, 15) is 4.79 Å². The molecule has 0 aliphatic carbocycles. The first-order valence-electron chi connectivity index (χ1n) is 7.47. The fourth-order valence-electron chi connectivity index (χ4n) is 2.13. The van der Waals surface area contributed by atoms with Gasteiger partial charge < -0.3 is 15.4 Å². The van der Waals surface area contributed by atoms with Gasteiger partial charge in [0.05, 0.1) is 18.4 Å². The van der Waals surface area contributed by atoms with E-state index in [4.69, 9.17) is 4.74 Å². The molecule has 0 radical (unpaired) electrons. The predicted octanol–water partition coefficient (Wildman–Crippen LogP) is 1.94. The Labute approximate surface area is 130 Å². The van der Waals surface area contributed by atoms with Gasteiger partial charge in [-0.1, -0.05) is 26.0 Å². The van der Waals surface area contributed by atoms with Crippen LogP contribution >= 0.6 is 0 Å². The van der Waals surface area contributed by atoms with E-state index in [1.807, 2.05) is 51.4 Å². The number of nitrogens with one attached hydrogen (secondary N) is 2. The highest BCUT2D eigenvalue weighted by Crippen LogP contribution is 2.28. The largest absolute Gasteiger partial charge is 0.477 e. The fraction of sp³-hybridized carbons (Fsp3) is 0.375. The van der Waals surface area contributed by atoms with Crippen LogP contribution in [0.25, 0.3) is 0 Å². The quantitative estimate of drug-likeness (QED) is 0.909. The number of carbonyl (C=O) groups excluding carboxylic acids is 1. The molecule has 0 spiro atoms. The van der Waals surface area contributed by atoms with E-state index >= 15 is 0 Å². The first kappa shape index (κ1) is 15.9. The summed E-state index contributed by atoms with van der Waals surface area (Å²) in [6, 6.07) is 7.59. The maximum Gasteiger partial charge on any atom is 0.263 e. The Morgan fingerprint density at radius 2 is 2.23 bits per heavy atom. The number of para-hydroxylation sites is 2. The van der Waals surface area contributed by atoms with Crippen LogP contribution in [0.4, 0.5) is 5.69 Å². The monoisotopic (exact) mass is 302 g/mol. The smallest absolute Gasteiger partial charge is 0.263 e. The number of ether oxygens (including phenoxy) is 1. The van der Waals surface area contributed by atoms with Gasteiger partial charge in [0.2, 0.25) is 0 Å². The van der Waals surface area contributed by atoms with Gasteiger partial charge in [0.1, 0.15) is 5.75 Å². The van der Waals surface area contributed by atoms with Gasteiger partial charge in [-0.05, 0) is 12.1 Å². The molecular weight excluding hydrogens is 280 g/mol. The van der Waals surface area contributed by atoms with E-state index in [-0.39, 0.29) is 5.91 Å². The molecule has 1 aliphatic rings. The Bertz CT molecular complexity index is 624. The number of amides is 1. The zero-order valence-electron chi connectivity index (χ0n) is 13.2. The molecule has 6 nitrogen and oxygen atoms in total. The van der Waals surface area contributed by atoms with Gasteiger partial charge in [0, 0.05) is 25.4 Å². The summed E-state index contributed by atoms with van der Waals surface area (Å²) >= 11 is 0. The van der Waals surface area contributed by atoms with Crippen molar-refractivity contribution in [3.8, 4) is 5.75 Å². The van der Waals surface area contributed by atoms with Gasteiger partial charge in [-0.3, -0.25) is 9.48 Å². The number of hydrogen-bond acceptors (Lipinski definition) is 4. The third kappa shape index (κ3) is 3.78. The van der Waals surface area contributed by atoms with Crippen molar-refractivity contribution in [2.24, 2.45) is 7.05 Å². The Balaban J connectivity index is 0.000000847. The van der Waals surface area contributed by atoms with Crippen molar-refractivity contribution in [1.82, 2.24) is 15.1 Å². The molecule has 1 aromatic carbocycles. The van der Waals surface area contributed by atoms with Crippen molar-refractivity contribution >= 4 is 11.6 Å². The molecule has 2 aromatic rings. The summed E-state index contributed by atoms with van der Waals surface area (Å²) in [6.45, 7) is 4.92. The SMILES string of the molecule is CC.Cn1cc(CNC(=O)C2CNc3ccccc3O2)cn1. The van der Waals surface area contributed by atoms with Gasteiger partial charge in [-0.15, -0.1) is 0 Å². The van der Waals surface area contributed by atoms with Gasteiger partial charge in [-0.25, -0.2) is 0 Å². The third-order valence-electron chi connectivity index (χ3n) is 3.15. The van der Waals surface area contributed by atoms with Crippen LogP contribution in [0.2, 0.25) is 0 Å². The number of carbonyl (C=O) groups is 1. The zero-order valence-corrected chi connectivity index (χ0v) is 13.2. The van der Waals surface area contributed by atoms with Crippen molar-refractivity contribution in [3.63, 3.8) is 0 Å². The maximum absolute atomic E-state index is 12.1. The molecule has 0 saturated heterocycles. The summed E-state index contributed by atoms with van der Waals surface area (Å²) in [5, 5.41) is 10.1. The van der Waals surface area contributed by atoms with Crippen molar-refractivity contribution in [3.05, 3.63) is 42.2 Å². The van der Waals surface area contributed by atoms with E-state index < -0.39 is 6.10 Å². The number of aromatic nitrogens is 2. The minimum atomic E-state index is -0.512. The van der Waals surface area contributed by atoms with Crippen LogP contribution in [-0.2, 0) is 18.4 Å². The lowest BCUT2D eigenvalue weighted by molar-refractivity contribution is -0.127. The van der Waals surface area contributed by atoms with E-state index in [0.29, 0.717) is 18.8 Å². The lowest BCUT2D eigenvalue weighted by atomic mass is 10.2. The normalized spacial score (nSPS) is 15.5. The van der Waals surface area contributed by atoms with Crippen molar-refractivity contribution in [2.45, 2.75) is 26.5 Å². The van der Waals surface area contributed by atoms with Crippen LogP contribution in [0.5, 0.6) is 5.75 Å². The standard InChI is InChI=1S/C14H16N4O2.C2H6/c1-18-9-10(7-17-18)6-16-14(19)13-8-15-11-4-2-3-5-12(11)20-13;1-2/h2-5,7,9,13,15H,6,8H2,1H3,(H,16,19);1-2H3. The fourth-order valence-corrected chi connectivity index (χ4v) is 2.13. The molecule has 1 unspecified atom stereocenters. The Morgan fingerprint density at radius 3 is 2.95 bits per heavy atom. The second kappa shape index (κ2) is 7.49. The highest BCUT2D eigenvalue weighted by molar-refractivity contribution is 5.83. The van der Waals surface area contributed by atoms with Crippen molar-refractivity contribution in [1.29, 1.82) is 0 Å². The molecule has 1 atom stereocenters. The summed E-state index contributed by atoms with van der Waals surface area (Å²) in [5.41, 5.74) is 1.88. The summed E-state index contributed by atoms with van der Waals surface area (Å²) in [4.78, 5) is 12.1. The van der Waals surface area contributed by atoms with E-state index in [0.717, 1.165) is 11.3 Å². The van der Waals surface area contributed by atoms with Gasteiger partial charge in [-0.2, -0.15) is 5.10 Å². The van der Waals surface area contributed by atoms with E-state index in [1.165, 1.54) is 0 Å². The number of aryl methyl sites for hydroxylation is 1. The maximum atomic E-state index is 12.1. The molecule has 0 bridgehead atoms. The molecule has 0 saturated carbocycles. The zero-order chi connectivity index (χ0) is 15.9. The van der Waals surface area contributed by atoms with Crippen molar-refractivity contribution in [2.75, 3.05) is 11.9 Å². The number of fused-ring (bicyclic) bond motifs is 1. The molecule has 3 rings (SSSR count). The van der Waals surface area contributed by atoms with Crippen molar-refractivity contribution < 1.29 is 9.53 Å². The van der Waals surface area contributed by atoms with Crippen LogP contribution in [0.3, 0.4) is 0 Å². The predicted molar refractivity (Wildman–Crippen MR) is 85.8 cm³/mol. The Morgan fingerprint density at radius 1 is 1.45 bits per heavy atom. The minimum absolute atomic E-state index is 0.129.